The van der Waals surface area contributed by atoms with Crippen LogP contribution in [0.2, 0.25) is 0 Å². The van der Waals surface area contributed by atoms with E-state index in [0.29, 0.717) is 45.0 Å². The first kappa shape index (κ1) is 25.1. The number of non-ortho nitro benzene ring substituents is 1. The van der Waals surface area contributed by atoms with Crippen LogP contribution in [0, 0.1) is 17.0 Å². The van der Waals surface area contributed by atoms with Crippen molar-refractivity contribution in [2.75, 3.05) is 37.7 Å². The minimum atomic E-state index is -0.399. The summed E-state index contributed by atoms with van der Waals surface area (Å²) in [5.74, 6) is 0.704. The maximum absolute atomic E-state index is 13.9. The first-order valence-corrected chi connectivity index (χ1v) is 12.7. The Morgan fingerprint density at radius 3 is 2.45 bits per heavy atom. The molecule has 8 nitrogen and oxygen atoms in total. The lowest BCUT2D eigenvalue weighted by Crippen LogP contribution is -2.49. The molecule has 1 saturated heterocycles. The van der Waals surface area contributed by atoms with Gasteiger partial charge in [0.1, 0.15) is 18.1 Å². The monoisotopic (exact) mass is 510 g/mol. The SMILES string of the molecule is C=CCOc1cccc2c1cc(C(=O)N1CCN(c3ccc([N+](=O)[O-])cc3)CC1)n2Cc1ccccc1C. The average Bonchev–Trinajstić information content (AvgIpc) is 3.31. The molecule has 1 aliphatic heterocycles. The first-order chi connectivity index (χ1) is 18.5. The van der Waals surface area contributed by atoms with Gasteiger partial charge in [0.15, 0.2) is 0 Å². The van der Waals surface area contributed by atoms with Crippen LogP contribution in [-0.4, -0.2) is 53.1 Å². The highest BCUT2D eigenvalue weighted by molar-refractivity contribution is 6.00. The summed E-state index contributed by atoms with van der Waals surface area (Å²) in [4.78, 5) is 28.5. The molecule has 8 heteroatoms. The quantitative estimate of drug-likeness (QED) is 0.179. The van der Waals surface area contributed by atoms with Gasteiger partial charge >= 0.3 is 0 Å². The third-order valence-electron chi connectivity index (χ3n) is 7.06. The van der Waals surface area contributed by atoms with Crippen molar-refractivity contribution in [3.05, 3.63) is 112 Å². The number of benzene rings is 3. The number of ether oxygens (including phenoxy) is 1. The molecule has 0 atom stereocenters. The van der Waals surface area contributed by atoms with Crippen molar-refractivity contribution in [2.45, 2.75) is 13.5 Å². The van der Waals surface area contributed by atoms with E-state index in [1.165, 1.54) is 17.7 Å². The van der Waals surface area contributed by atoms with Crippen LogP contribution >= 0.6 is 0 Å². The predicted octanol–water partition coefficient (Wildman–Crippen LogP) is 5.43. The van der Waals surface area contributed by atoms with Crippen molar-refractivity contribution in [1.29, 1.82) is 0 Å². The molecule has 0 N–H and O–H groups in total. The lowest BCUT2D eigenvalue weighted by atomic mass is 10.1. The summed E-state index contributed by atoms with van der Waals surface area (Å²) in [6, 6.07) is 22.6. The summed E-state index contributed by atoms with van der Waals surface area (Å²) < 4.78 is 8.00. The molecule has 4 aromatic rings. The second kappa shape index (κ2) is 10.8. The average molecular weight is 511 g/mol. The van der Waals surface area contributed by atoms with E-state index in [4.69, 9.17) is 4.74 Å². The summed E-state index contributed by atoms with van der Waals surface area (Å²) in [7, 11) is 0. The molecule has 1 aromatic heterocycles. The zero-order chi connectivity index (χ0) is 26.6. The number of rotatable bonds is 8. The van der Waals surface area contributed by atoms with Crippen molar-refractivity contribution in [1.82, 2.24) is 9.47 Å². The van der Waals surface area contributed by atoms with Crippen LogP contribution in [0.1, 0.15) is 21.6 Å². The van der Waals surface area contributed by atoms with Crippen molar-refractivity contribution in [3.8, 4) is 5.75 Å². The van der Waals surface area contributed by atoms with E-state index in [9.17, 15) is 14.9 Å². The highest BCUT2D eigenvalue weighted by atomic mass is 16.6. The molecule has 0 radical (unpaired) electrons. The van der Waals surface area contributed by atoms with E-state index in [0.717, 1.165) is 27.9 Å². The lowest BCUT2D eigenvalue weighted by molar-refractivity contribution is -0.384. The number of carbonyl (C=O) groups excluding carboxylic acids is 1. The highest BCUT2D eigenvalue weighted by Crippen LogP contribution is 2.31. The summed E-state index contributed by atoms with van der Waals surface area (Å²) in [6.45, 7) is 9.20. The van der Waals surface area contributed by atoms with Crippen LogP contribution in [0.5, 0.6) is 5.75 Å². The molecule has 1 amide bonds. The summed E-state index contributed by atoms with van der Waals surface area (Å²) in [5, 5.41) is 11.9. The van der Waals surface area contributed by atoms with Gasteiger partial charge in [-0.25, -0.2) is 0 Å². The third-order valence-corrected chi connectivity index (χ3v) is 7.06. The number of nitrogens with zero attached hydrogens (tertiary/aromatic N) is 4. The minimum absolute atomic E-state index is 0.0206. The highest BCUT2D eigenvalue weighted by Gasteiger charge is 2.26. The van der Waals surface area contributed by atoms with Crippen LogP contribution < -0.4 is 9.64 Å². The smallest absolute Gasteiger partial charge is 0.270 e. The molecule has 3 aromatic carbocycles. The van der Waals surface area contributed by atoms with Crippen LogP contribution in [0.25, 0.3) is 10.9 Å². The summed E-state index contributed by atoms with van der Waals surface area (Å²) in [6.07, 6.45) is 1.71. The Balaban J connectivity index is 1.42. The number of piperazine rings is 1. The maximum Gasteiger partial charge on any atom is 0.270 e. The van der Waals surface area contributed by atoms with Gasteiger partial charge in [-0.1, -0.05) is 43.0 Å². The normalized spacial score (nSPS) is 13.5. The van der Waals surface area contributed by atoms with Gasteiger partial charge in [-0.2, -0.15) is 0 Å². The molecule has 38 heavy (non-hydrogen) atoms. The Bertz CT molecular complexity index is 1480. The van der Waals surface area contributed by atoms with Gasteiger partial charge in [-0.3, -0.25) is 14.9 Å². The molecule has 0 unspecified atom stereocenters. The minimum Gasteiger partial charge on any atom is -0.489 e. The molecule has 0 saturated carbocycles. The van der Waals surface area contributed by atoms with Crippen molar-refractivity contribution >= 4 is 28.2 Å². The number of amides is 1. The van der Waals surface area contributed by atoms with Gasteiger partial charge < -0.3 is 19.1 Å². The number of aryl methyl sites for hydroxylation is 1. The molecule has 1 fully saturated rings. The number of nitro groups is 1. The Morgan fingerprint density at radius 1 is 1.03 bits per heavy atom. The Morgan fingerprint density at radius 2 is 1.76 bits per heavy atom. The third kappa shape index (κ3) is 4.98. The lowest BCUT2D eigenvalue weighted by Gasteiger charge is -2.36. The second-order valence-corrected chi connectivity index (χ2v) is 9.38. The van der Waals surface area contributed by atoms with Gasteiger partial charge in [0, 0.05) is 55.9 Å². The van der Waals surface area contributed by atoms with E-state index in [1.807, 2.05) is 41.3 Å². The molecule has 2 heterocycles. The summed E-state index contributed by atoms with van der Waals surface area (Å²) in [5.41, 5.74) is 4.88. The fourth-order valence-electron chi connectivity index (χ4n) is 4.95. The summed E-state index contributed by atoms with van der Waals surface area (Å²) >= 11 is 0. The van der Waals surface area contributed by atoms with E-state index >= 15 is 0 Å². The van der Waals surface area contributed by atoms with E-state index in [1.54, 1.807) is 18.2 Å². The van der Waals surface area contributed by atoms with Gasteiger partial charge in [0.2, 0.25) is 0 Å². The second-order valence-electron chi connectivity index (χ2n) is 9.38. The molecule has 194 valence electrons. The Kier molecular flexibility index (Phi) is 7.13. The molecule has 0 bridgehead atoms. The number of hydrogen-bond acceptors (Lipinski definition) is 5. The topological polar surface area (TPSA) is 80.8 Å². The standard InChI is InChI=1S/C30H30N4O4/c1-3-19-38-29-10-6-9-27-26(29)20-28(33(27)21-23-8-5-4-7-22(23)2)30(35)32-17-15-31(16-18-32)24-11-13-25(14-12-24)34(36)37/h3-14,20H,1,15-19,21H2,2H3. The largest absolute Gasteiger partial charge is 0.489 e. The first-order valence-electron chi connectivity index (χ1n) is 12.7. The number of carbonyl (C=O) groups is 1. The van der Waals surface area contributed by atoms with Gasteiger partial charge in [-0.15, -0.1) is 0 Å². The number of aromatic nitrogens is 1. The zero-order valence-corrected chi connectivity index (χ0v) is 21.4. The Labute approximate surface area is 221 Å². The van der Waals surface area contributed by atoms with E-state index < -0.39 is 4.92 Å². The predicted molar refractivity (Wildman–Crippen MR) is 149 cm³/mol. The number of hydrogen-bond donors (Lipinski definition) is 0. The van der Waals surface area contributed by atoms with Crippen LogP contribution in [-0.2, 0) is 6.54 Å². The molecule has 5 rings (SSSR count). The maximum atomic E-state index is 13.9. The van der Waals surface area contributed by atoms with Crippen LogP contribution in [0.15, 0.2) is 85.5 Å². The van der Waals surface area contributed by atoms with E-state index in [-0.39, 0.29) is 11.6 Å². The van der Waals surface area contributed by atoms with Crippen molar-refractivity contribution in [2.24, 2.45) is 0 Å². The van der Waals surface area contributed by atoms with Gasteiger partial charge in [-0.05, 0) is 48.4 Å². The van der Waals surface area contributed by atoms with Crippen molar-refractivity contribution < 1.29 is 14.5 Å². The number of anilines is 1. The zero-order valence-electron chi connectivity index (χ0n) is 21.4. The van der Waals surface area contributed by atoms with Crippen LogP contribution in [0.4, 0.5) is 11.4 Å². The fourth-order valence-corrected chi connectivity index (χ4v) is 4.95. The molecule has 0 spiro atoms. The van der Waals surface area contributed by atoms with Gasteiger partial charge in [0.25, 0.3) is 11.6 Å². The number of fused-ring (bicyclic) bond motifs is 1. The molecular formula is C30H30N4O4. The fraction of sp³-hybridized carbons (Fsp3) is 0.233. The molecular weight excluding hydrogens is 480 g/mol. The molecule has 0 aliphatic carbocycles. The molecule has 1 aliphatic rings. The van der Waals surface area contributed by atoms with Crippen LogP contribution in [0.3, 0.4) is 0 Å². The number of nitro benzene ring substituents is 1. The van der Waals surface area contributed by atoms with Crippen molar-refractivity contribution in [3.63, 3.8) is 0 Å². The van der Waals surface area contributed by atoms with Gasteiger partial charge in [0.05, 0.1) is 10.4 Å². The van der Waals surface area contributed by atoms with E-state index in [2.05, 4.69) is 35.1 Å². The Hall–Kier alpha value is -4.59.